The molecule has 1 aliphatic heterocycles. The van der Waals surface area contributed by atoms with Crippen molar-refractivity contribution in [3.8, 4) is 0 Å². The van der Waals surface area contributed by atoms with E-state index in [1.165, 1.54) is 4.31 Å². The number of nitrogens with two attached hydrogens (primary N) is 1. The van der Waals surface area contributed by atoms with Crippen LogP contribution in [0.5, 0.6) is 0 Å². The molecule has 0 spiro atoms. The van der Waals surface area contributed by atoms with Gasteiger partial charge in [-0.2, -0.15) is 4.31 Å². The summed E-state index contributed by atoms with van der Waals surface area (Å²) in [5, 5.41) is 0. The molecular formula is C11H14Br2N2O2S. The van der Waals surface area contributed by atoms with Crippen LogP contribution in [0.4, 0.5) is 5.69 Å². The van der Waals surface area contributed by atoms with Gasteiger partial charge in [0.1, 0.15) is 4.90 Å². The molecule has 100 valence electrons. The summed E-state index contributed by atoms with van der Waals surface area (Å²) in [5.41, 5.74) is 6.20. The van der Waals surface area contributed by atoms with Crippen LogP contribution in [0.2, 0.25) is 0 Å². The van der Waals surface area contributed by atoms with Crippen molar-refractivity contribution >= 4 is 47.6 Å². The van der Waals surface area contributed by atoms with Gasteiger partial charge in [-0.25, -0.2) is 8.42 Å². The lowest BCUT2D eigenvalue weighted by atomic mass is 10.2. The summed E-state index contributed by atoms with van der Waals surface area (Å²) in [6.45, 7) is 1.18. The Hall–Kier alpha value is -0.110. The monoisotopic (exact) mass is 396 g/mol. The van der Waals surface area contributed by atoms with Crippen molar-refractivity contribution in [1.29, 1.82) is 0 Å². The molecule has 0 bridgehead atoms. The van der Waals surface area contributed by atoms with E-state index < -0.39 is 10.0 Å². The number of nitrogens with zero attached hydrogens (tertiary/aromatic N) is 1. The van der Waals surface area contributed by atoms with Crippen LogP contribution in [0.3, 0.4) is 0 Å². The van der Waals surface area contributed by atoms with E-state index in [2.05, 4.69) is 31.9 Å². The predicted octanol–water partition coefficient (Wildman–Crippen LogP) is 2.97. The summed E-state index contributed by atoms with van der Waals surface area (Å²) in [7, 11) is -3.46. The van der Waals surface area contributed by atoms with E-state index in [9.17, 15) is 8.42 Å². The number of anilines is 1. The molecule has 1 fully saturated rings. The number of hydrogen-bond donors (Lipinski definition) is 1. The zero-order valence-corrected chi connectivity index (χ0v) is 13.7. The normalized spacial score (nSPS) is 17.9. The minimum atomic E-state index is -3.46. The van der Waals surface area contributed by atoms with Crippen LogP contribution in [-0.4, -0.2) is 25.8 Å². The molecule has 0 saturated carbocycles. The van der Waals surface area contributed by atoms with Gasteiger partial charge in [-0.1, -0.05) is 6.42 Å². The van der Waals surface area contributed by atoms with E-state index in [4.69, 9.17) is 5.73 Å². The summed E-state index contributed by atoms with van der Waals surface area (Å²) in [4.78, 5) is 0.263. The highest BCUT2D eigenvalue weighted by atomic mass is 79.9. The minimum Gasteiger partial charge on any atom is -0.399 e. The molecular weight excluding hydrogens is 384 g/mol. The van der Waals surface area contributed by atoms with E-state index in [0.717, 1.165) is 19.3 Å². The van der Waals surface area contributed by atoms with Crippen LogP contribution in [0, 0.1) is 0 Å². The van der Waals surface area contributed by atoms with Gasteiger partial charge in [0.25, 0.3) is 0 Å². The van der Waals surface area contributed by atoms with Crippen LogP contribution in [0.1, 0.15) is 19.3 Å². The average Bonchev–Trinajstić information content (AvgIpc) is 2.28. The third-order valence-electron chi connectivity index (χ3n) is 2.93. The summed E-state index contributed by atoms with van der Waals surface area (Å²) < 4.78 is 27.7. The maximum atomic E-state index is 12.6. The molecule has 2 rings (SSSR count). The molecule has 0 aliphatic carbocycles. The molecule has 4 nitrogen and oxygen atoms in total. The molecule has 2 N–H and O–H groups in total. The van der Waals surface area contributed by atoms with E-state index in [1.54, 1.807) is 12.1 Å². The first kappa shape index (κ1) is 14.3. The molecule has 1 aliphatic rings. The molecule has 0 radical (unpaired) electrons. The Morgan fingerprint density at radius 2 is 1.56 bits per heavy atom. The summed E-state index contributed by atoms with van der Waals surface area (Å²) in [6, 6.07) is 3.23. The van der Waals surface area contributed by atoms with Crippen LogP contribution in [-0.2, 0) is 10.0 Å². The number of benzene rings is 1. The van der Waals surface area contributed by atoms with Crippen molar-refractivity contribution in [3.05, 3.63) is 21.1 Å². The summed E-state index contributed by atoms with van der Waals surface area (Å²) in [5.74, 6) is 0. The first-order valence-corrected chi connectivity index (χ1v) is 8.70. The molecule has 0 atom stereocenters. The van der Waals surface area contributed by atoms with Crippen molar-refractivity contribution in [2.75, 3.05) is 18.8 Å². The van der Waals surface area contributed by atoms with Crippen molar-refractivity contribution < 1.29 is 8.42 Å². The Morgan fingerprint density at radius 3 is 2.06 bits per heavy atom. The molecule has 1 saturated heterocycles. The van der Waals surface area contributed by atoms with Gasteiger partial charge >= 0.3 is 0 Å². The number of nitrogen functional groups attached to an aromatic ring is 1. The SMILES string of the molecule is Nc1cc(Br)c(S(=O)(=O)N2CCCCC2)c(Br)c1. The van der Waals surface area contributed by atoms with Gasteiger partial charge in [0, 0.05) is 27.7 Å². The standard InChI is InChI=1S/C11H14Br2N2O2S/c12-9-6-8(14)7-10(13)11(9)18(16,17)15-4-2-1-3-5-15/h6-7H,1-5,14H2. The number of rotatable bonds is 2. The predicted molar refractivity (Wildman–Crippen MR) is 78.9 cm³/mol. The van der Waals surface area contributed by atoms with E-state index >= 15 is 0 Å². The van der Waals surface area contributed by atoms with Crippen molar-refractivity contribution in [1.82, 2.24) is 4.31 Å². The topological polar surface area (TPSA) is 63.4 Å². The zero-order valence-electron chi connectivity index (χ0n) is 9.70. The van der Waals surface area contributed by atoms with Crippen LogP contribution >= 0.6 is 31.9 Å². The fourth-order valence-electron chi connectivity index (χ4n) is 2.06. The van der Waals surface area contributed by atoms with Gasteiger partial charge in [-0.3, -0.25) is 0 Å². The van der Waals surface area contributed by atoms with Crippen LogP contribution in [0.15, 0.2) is 26.0 Å². The maximum Gasteiger partial charge on any atom is 0.245 e. The van der Waals surface area contributed by atoms with E-state index in [1.807, 2.05) is 0 Å². The molecule has 0 amide bonds. The number of hydrogen-bond acceptors (Lipinski definition) is 3. The second-order valence-electron chi connectivity index (χ2n) is 4.28. The fourth-order valence-corrected chi connectivity index (χ4v) is 6.12. The maximum absolute atomic E-state index is 12.6. The van der Waals surface area contributed by atoms with Crippen molar-refractivity contribution in [2.45, 2.75) is 24.2 Å². The van der Waals surface area contributed by atoms with Crippen LogP contribution in [0.25, 0.3) is 0 Å². The Balaban J connectivity index is 2.47. The smallest absolute Gasteiger partial charge is 0.245 e. The highest BCUT2D eigenvalue weighted by Crippen LogP contribution is 2.35. The number of piperidine rings is 1. The van der Waals surface area contributed by atoms with Gasteiger partial charge in [0.2, 0.25) is 10.0 Å². The first-order chi connectivity index (χ1) is 8.43. The van der Waals surface area contributed by atoms with Crippen molar-refractivity contribution in [2.24, 2.45) is 0 Å². The van der Waals surface area contributed by atoms with Gasteiger partial charge in [0.15, 0.2) is 0 Å². The lowest BCUT2D eigenvalue weighted by molar-refractivity contribution is 0.346. The van der Waals surface area contributed by atoms with Crippen molar-refractivity contribution in [3.63, 3.8) is 0 Å². The minimum absolute atomic E-state index is 0.263. The summed E-state index contributed by atoms with van der Waals surface area (Å²) >= 11 is 6.57. The Kier molecular flexibility index (Phi) is 4.36. The molecule has 7 heteroatoms. The highest BCUT2D eigenvalue weighted by Gasteiger charge is 2.29. The van der Waals surface area contributed by atoms with Gasteiger partial charge in [-0.05, 0) is 56.8 Å². The second-order valence-corrected chi connectivity index (χ2v) is 7.86. The zero-order chi connectivity index (χ0) is 13.3. The quantitative estimate of drug-likeness (QED) is 0.780. The average molecular weight is 398 g/mol. The molecule has 1 aromatic carbocycles. The second kappa shape index (κ2) is 5.48. The van der Waals surface area contributed by atoms with Gasteiger partial charge in [0.05, 0.1) is 0 Å². The lowest BCUT2D eigenvalue weighted by Crippen LogP contribution is -2.36. The number of sulfonamides is 1. The molecule has 0 unspecified atom stereocenters. The van der Waals surface area contributed by atoms with E-state index in [-0.39, 0.29) is 4.90 Å². The Labute approximate surface area is 124 Å². The molecule has 1 heterocycles. The highest BCUT2D eigenvalue weighted by molar-refractivity contribution is 9.11. The first-order valence-electron chi connectivity index (χ1n) is 5.67. The molecule has 0 aromatic heterocycles. The third kappa shape index (κ3) is 2.74. The number of halogens is 2. The lowest BCUT2D eigenvalue weighted by Gasteiger charge is -2.26. The fraction of sp³-hybridized carbons (Fsp3) is 0.455. The van der Waals surface area contributed by atoms with E-state index in [0.29, 0.717) is 27.7 Å². The Bertz CT molecular complexity index is 531. The van der Waals surface area contributed by atoms with Crippen LogP contribution < -0.4 is 5.73 Å². The summed E-state index contributed by atoms with van der Waals surface area (Å²) in [6.07, 6.45) is 2.93. The van der Waals surface area contributed by atoms with Gasteiger partial charge in [-0.15, -0.1) is 0 Å². The largest absolute Gasteiger partial charge is 0.399 e. The third-order valence-corrected chi connectivity index (χ3v) is 6.71. The molecule has 18 heavy (non-hydrogen) atoms. The molecule has 1 aromatic rings. The van der Waals surface area contributed by atoms with Gasteiger partial charge < -0.3 is 5.73 Å². The Morgan fingerprint density at radius 1 is 1.06 bits per heavy atom.